The monoisotopic (exact) mass is 495 g/mol. The van der Waals surface area contributed by atoms with Crippen molar-refractivity contribution >= 4 is 93.0 Å². The number of hydrogen-bond donors (Lipinski definition) is 3. The van der Waals surface area contributed by atoms with Crippen molar-refractivity contribution in [2.45, 2.75) is 9.96 Å². The highest BCUT2D eigenvalue weighted by molar-refractivity contribution is 7.80. The van der Waals surface area contributed by atoms with Gasteiger partial charge in [0.25, 0.3) is 0 Å². The van der Waals surface area contributed by atoms with Gasteiger partial charge in [0.15, 0.2) is 5.11 Å². The number of carbonyl (C=O) groups excluding carboxylic acids is 1. The lowest BCUT2D eigenvalue weighted by atomic mass is 10.2. The standard InChI is InChI=1S/C18H14Cl5N3OS/c19-12-7-8-13(20)14(10-12)24-17(28)26-16(18(21,22)23)25-15(27)9-6-11-4-2-1-3-5-11/h1-10,16H,(H,25,27)(H2,24,26,28). The van der Waals surface area contributed by atoms with Crippen LogP contribution in [0.4, 0.5) is 5.69 Å². The smallest absolute Gasteiger partial charge is 0.245 e. The Morgan fingerprint density at radius 2 is 1.71 bits per heavy atom. The first-order valence-electron chi connectivity index (χ1n) is 7.78. The van der Waals surface area contributed by atoms with Crippen LogP contribution >= 0.6 is 70.2 Å². The van der Waals surface area contributed by atoms with Crippen molar-refractivity contribution in [3.05, 3.63) is 70.2 Å². The average Bonchev–Trinajstić information content (AvgIpc) is 2.62. The fourth-order valence-corrected chi connectivity index (χ4v) is 2.90. The molecule has 2 aromatic carbocycles. The SMILES string of the molecule is O=C(C=Cc1ccccc1)NC(NC(=S)Nc1cc(Cl)ccc1Cl)C(Cl)(Cl)Cl. The number of hydrogen-bond acceptors (Lipinski definition) is 2. The molecular weight excluding hydrogens is 484 g/mol. The molecule has 0 aromatic heterocycles. The predicted molar refractivity (Wildman–Crippen MR) is 124 cm³/mol. The number of halogens is 5. The van der Waals surface area contributed by atoms with Crippen LogP contribution in [0.2, 0.25) is 10.0 Å². The molecule has 0 saturated carbocycles. The minimum absolute atomic E-state index is 0.0767. The number of amides is 1. The fraction of sp³-hybridized carbons (Fsp3) is 0.111. The molecule has 3 N–H and O–H groups in total. The summed E-state index contributed by atoms with van der Waals surface area (Å²) in [7, 11) is 0. The van der Waals surface area contributed by atoms with Crippen LogP contribution in [0.5, 0.6) is 0 Å². The van der Waals surface area contributed by atoms with Crippen LogP contribution in [0, 0.1) is 0 Å². The van der Waals surface area contributed by atoms with Gasteiger partial charge in [0.05, 0.1) is 10.7 Å². The van der Waals surface area contributed by atoms with Gasteiger partial charge in [-0.2, -0.15) is 0 Å². The third-order valence-corrected chi connectivity index (χ3v) is 4.73. The molecule has 28 heavy (non-hydrogen) atoms. The minimum atomic E-state index is -1.87. The molecule has 0 bridgehead atoms. The third-order valence-electron chi connectivity index (χ3n) is 3.29. The molecule has 1 unspecified atom stereocenters. The predicted octanol–water partition coefficient (Wildman–Crippen LogP) is 5.81. The number of nitrogens with one attached hydrogen (secondary N) is 3. The first-order chi connectivity index (χ1) is 13.1. The van der Waals surface area contributed by atoms with E-state index >= 15 is 0 Å². The lowest BCUT2D eigenvalue weighted by Crippen LogP contribution is -2.55. The average molecular weight is 498 g/mol. The number of alkyl halides is 3. The Labute approximate surface area is 193 Å². The molecule has 0 spiro atoms. The van der Waals surface area contributed by atoms with Crippen molar-refractivity contribution in [3.63, 3.8) is 0 Å². The van der Waals surface area contributed by atoms with Crippen molar-refractivity contribution in [3.8, 4) is 0 Å². The molecule has 0 aliphatic carbocycles. The lowest BCUT2D eigenvalue weighted by molar-refractivity contribution is -0.117. The molecule has 0 radical (unpaired) electrons. The summed E-state index contributed by atoms with van der Waals surface area (Å²) in [5.41, 5.74) is 1.31. The lowest BCUT2D eigenvalue weighted by Gasteiger charge is -2.27. The van der Waals surface area contributed by atoms with E-state index in [9.17, 15) is 4.79 Å². The Kier molecular flexibility index (Phi) is 8.68. The highest BCUT2D eigenvalue weighted by Crippen LogP contribution is 2.30. The van der Waals surface area contributed by atoms with Crippen molar-refractivity contribution in [1.82, 2.24) is 10.6 Å². The van der Waals surface area contributed by atoms with Gasteiger partial charge in [0.1, 0.15) is 6.17 Å². The van der Waals surface area contributed by atoms with Crippen LogP contribution in [-0.2, 0) is 4.79 Å². The first-order valence-corrected chi connectivity index (χ1v) is 10.1. The maximum atomic E-state index is 12.2. The van der Waals surface area contributed by atoms with Gasteiger partial charge in [0.2, 0.25) is 9.70 Å². The van der Waals surface area contributed by atoms with E-state index in [2.05, 4.69) is 16.0 Å². The number of thiocarbonyl (C=S) groups is 1. The maximum Gasteiger partial charge on any atom is 0.245 e. The molecule has 2 rings (SSSR count). The zero-order valence-electron chi connectivity index (χ0n) is 14.1. The van der Waals surface area contributed by atoms with Gasteiger partial charge in [-0.15, -0.1) is 0 Å². The van der Waals surface area contributed by atoms with Crippen LogP contribution in [0.15, 0.2) is 54.6 Å². The number of rotatable bonds is 5. The highest BCUT2D eigenvalue weighted by atomic mass is 35.6. The topological polar surface area (TPSA) is 53.2 Å². The van der Waals surface area contributed by atoms with Crippen LogP contribution < -0.4 is 16.0 Å². The van der Waals surface area contributed by atoms with Gasteiger partial charge in [-0.1, -0.05) is 88.3 Å². The van der Waals surface area contributed by atoms with E-state index < -0.39 is 15.9 Å². The van der Waals surface area contributed by atoms with Crippen LogP contribution in [-0.4, -0.2) is 21.0 Å². The van der Waals surface area contributed by atoms with Crippen molar-refractivity contribution in [2.75, 3.05) is 5.32 Å². The molecule has 1 atom stereocenters. The van der Waals surface area contributed by atoms with Crippen LogP contribution in [0.3, 0.4) is 0 Å². The van der Waals surface area contributed by atoms with Crippen LogP contribution in [0.25, 0.3) is 6.08 Å². The van der Waals surface area contributed by atoms with E-state index in [-0.39, 0.29) is 5.11 Å². The molecule has 0 heterocycles. The molecule has 0 fully saturated rings. The summed E-state index contributed by atoms with van der Waals surface area (Å²) >= 11 is 35.1. The number of benzene rings is 2. The summed E-state index contributed by atoms with van der Waals surface area (Å²) in [4.78, 5) is 12.2. The second-order valence-electron chi connectivity index (χ2n) is 5.45. The third kappa shape index (κ3) is 7.66. The van der Waals surface area contributed by atoms with Gasteiger partial charge in [-0.25, -0.2) is 0 Å². The van der Waals surface area contributed by atoms with Crippen molar-refractivity contribution in [1.29, 1.82) is 0 Å². The summed E-state index contributed by atoms with van der Waals surface area (Å²) in [6.07, 6.45) is 1.85. The van der Waals surface area contributed by atoms with Gasteiger partial charge in [0, 0.05) is 11.1 Å². The zero-order valence-corrected chi connectivity index (χ0v) is 18.7. The molecule has 10 heteroatoms. The van der Waals surface area contributed by atoms with Gasteiger partial charge in [-0.3, -0.25) is 4.79 Å². The second kappa shape index (κ2) is 10.5. The summed E-state index contributed by atoms with van der Waals surface area (Å²) < 4.78 is -1.87. The molecule has 1 amide bonds. The molecule has 0 saturated heterocycles. The minimum Gasteiger partial charge on any atom is -0.339 e. The Bertz CT molecular complexity index is 871. The normalized spacial score (nSPS) is 12.5. The van der Waals surface area contributed by atoms with E-state index in [1.54, 1.807) is 24.3 Å². The first kappa shape index (κ1) is 23.1. The quantitative estimate of drug-likeness (QED) is 0.211. The molecule has 0 aliphatic heterocycles. The molecule has 0 aliphatic rings. The Hall–Kier alpha value is -1.21. The van der Waals surface area contributed by atoms with E-state index in [1.165, 1.54) is 6.08 Å². The fourth-order valence-electron chi connectivity index (χ4n) is 2.01. The van der Waals surface area contributed by atoms with Crippen molar-refractivity contribution < 1.29 is 4.79 Å². The molecule has 2 aromatic rings. The van der Waals surface area contributed by atoms with Crippen molar-refractivity contribution in [2.24, 2.45) is 0 Å². The van der Waals surface area contributed by atoms with Gasteiger partial charge >= 0.3 is 0 Å². The van der Waals surface area contributed by atoms with E-state index in [0.717, 1.165) is 5.56 Å². The Morgan fingerprint density at radius 3 is 2.36 bits per heavy atom. The van der Waals surface area contributed by atoms with Crippen LogP contribution in [0.1, 0.15) is 5.56 Å². The summed E-state index contributed by atoms with van der Waals surface area (Å²) in [6, 6.07) is 14.1. The summed E-state index contributed by atoms with van der Waals surface area (Å²) in [5.74, 6) is -0.476. The zero-order chi connectivity index (χ0) is 20.7. The maximum absolute atomic E-state index is 12.2. The Balaban J connectivity index is 2.03. The number of carbonyl (C=O) groups is 1. The Morgan fingerprint density at radius 1 is 1.04 bits per heavy atom. The summed E-state index contributed by atoms with van der Waals surface area (Å²) in [6.45, 7) is 0. The van der Waals surface area contributed by atoms with Gasteiger partial charge < -0.3 is 16.0 Å². The van der Waals surface area contributed by atoms with E-state index in [1.807, 2.05) is 30.3 Å². The van der Waals surface area contributed by atoms with Gasteiger partial charge in [-0.05, 0) is 42.1 Å². The molecule has 4 nitrogen and oxygen atoms in total. The highest BCUT2D eigenvalue weighted by Gasteiger charge is 2.34. The number of anilines is 1. The molecular formula is C18H14Cl5N3OS. The largest absolute Gasteiger partial charge is 0.339 e. The second-order valence-corrected chi connectivity index (χ2v) is 9.07. The molecule has 148 valence electrons. The van der Waals surface area contributed by atoms with E-state index in [4.69, 9.17) is 70.2 Å². The van der Waals surface area contributed by atoms with E-state index in [0.29, 0.717) is 15.7 Å². The summed E-state index contributed by atoms with van der Waals surface area (Å²) in [5, 5.41) is 9.07.